The summed E-state index contributed by atoms with van der Waals surface area (Å²) < 4.78 is 13.7. The second-order valence-electron chi connectivity index (χ2n) is 7.27. The highest BCUT2D eigenvalue weighted by molar-refractivity contribution is 14.0. The van der Waals surface area contributed by atoms with E-state index in [0.29, 0.717) is 24.0 Å². The number of hydrogen-bond donors (Lipinski definition) is 2. The molecule has 1 aromatic rings. The first-order chi connectivity index (χ1) is 12.7. The Kier molecular flexibility index (Phi) is 8.79. The van der Waals surface area contributed by atoms with Crippen LogP contribution in [0.3, 0.4) is 0 Å². The first-order valence-electron chi connectivity index (χ1n) is 9.66. The minimum Gasteiger partial charge on any atom is -0.352 e. The van der Waals surface area contributed by atoms with Gasteiger partial charge in [-0.05, 0) is 25.3 Å². The Morgan fingerprint density at radius 1 is 1.22 bits per heavy atom. The third kappa shape index (κ3) is 6.05. The molecule has 0 spiro atoms. The van der Waals surface area contributed by atoms with Crippen molar-refractivity contribution in [3.05, 3.63) is 35.6 Å². The van der Waals surface area contributed by atoms with Crippen LogP contribution >= 0.6 is 24.0 Å². The van der Waals surface area contributed by atoms with Gasteiger partial charge in [-0.3, -0.25) is 9.79 Å². The molecule has 1 amide bonds. The lowest BCUT2D eigenvalue weighted by atomic mass is 9.88. The Bertz CT molecular complexity index is 649. The molecule has 7 heteroatoms. The smallest absolute Gasteiger partial charge is 0.225 e. The second-order valence-corrected chi connectivity index (χ2v) is 7.27. The van der Waals surface area contributed by atoms with Crippen molar-refractivity contribution in [2.75, 3.05) is 20.1 Å². The maximum Gasteiger partial charge on any atom is 0.225 e. The van der Waals surface area contributed by atoms with Crippen molar-refractivity contribution in [2.24, 2.45) is 10.9 Å². The zero-order valence-electron chi connectivity index (χ0n) is 15.9. The van der Waals surface area contributed by atoms with Gasteiger partial charge in [-0.25, -0.2) is 4.39 Å². The summed E-state index contributed by atoms with van der Waals surface area (Å²) in [6.07, 6.45) is 6.62. The first kappa shape index (κ1) is 21.9. The molecule has 2 N–H and O–H groups in total. The van der Waals surface area contributed by atoms with Crippen molar-refractivity contribution < 1.29 is 9.18 Å². The van der Waals surface area contributed by atoms with Crippen LogP contribution in [0.1, 0.15) is 44.1 Å². The molecule has 150 valence electrons. The third-order valence-corrected chi connectivity index (χ3v) is 5.42. The lowest BCUT2D eigenvalue weighted by Crippen LogP contribution is -2.45. The Morgan fingerprint density at radius 2 is 1.96 bits per heavy atom. The molecule has 2 aliphatic rings. The van der Waals surface area contributed by atoms with Gasteiger partial charge in [0.2, 0.25) is 5.91 Å². The summed E-state index contributed by atoms with van der Waals surface area (Å²) >= 11 is 0. The topological polar surface area (TPSA) is 56.7 Å². The van der Waals surface area contributed by atoms with Gasteiger partial charge in [0.1, 0.15) is 5.82 Å². The Morgan fingerprint density at radius 3 is 2.67 bits per heavy atom. The second kappa shape index (κ2) is 10.8. The van der Waals surface area contributed by atoms with Crippen molar-refractivity contribution in [3.8, 4) is 0 Å². The van der Waals surface area contributed by atoms with Gasteiger partial charge in [0.05, 0.1) is 0 Å². The molecule has 1 heterocycles. The molecule has 27 heavy (non-hydrogen) atoms. The highest BCUT2D eigenvalue weighted by atomic mass is 127. The Labute approximate surface area is 178 Å². The number of hydrogen-bond acceptors (Lipinski definition) is 2. The van der Waals surface area contributed by atoms with Gasteiger partial charge in [0.25, 0.3) is 0 Å². The Hall–Kier alpha value is -1.38. The van der Waals surface area contributed by atoms with Gasteiger partial charge in [-0.1, -0.05) is 37.5 Å². The fourth-order valence-corrected chi connectivity index (χ4v) is 3.89. The lowest BCUT2D eigenvalue weighted by molar-refractivity contribution is -0.135. The Balaban J connectivity index is 0.00000261. The molecule has 0 aromatic heterocycles. The fraction of sp³-hybridized carbons (Fsp3) is 0.600. The molecule has 3 rings (SSSR count). The zero-order valence-corrected chi connectivity index (χ0v) is 18.2. The molecule has 0 bridgehead atoms. The number of halogens is 2. The molecule has 0 radical (unpaired) electrons. The molecule has 1 saturated carbocycles. The van der Waals surface area contributed by atoms with Crippen LogP contribution in [-0.4, -0.2) is 42.9 Å². The molecule has 2 fully saturated rings. The summed E-state index contributed by atoms with van der Waals surface area (Å²) in [5, 5.41) is 6.52. The van der Waals surface area contributed by atoms with E-state index in [1.165, 1.54) is 25.3 Å². The van der Waals surface area contributed by atoms with Crippen molar-refractivity contribution in [2.45, 2.75) is 51.1 Å². The summed E-state index contributed by atoms with van der Waals surface area (Å²) in [5.74, 6) is 0.968. The largest absolute Gasteiger partial charge is 0.352 e. The lowest BCUT2D eigenvalue weighted by Gasteiger charge is -2.26. The molecule has 1 aliphatic carbocycles. The van der Waals surface area contributed by atoms with E-state index in [0.717, 1.165) is 32.4 Å². The zero-order chi connectivity index (χ0) is 18.4. The van der Waals surface area contributed by atoms with Crippen LogP contribution < -0.4 is 10.6 Å². The monoisotopic (exact) mass is 488 g/mol. The highest BCUT2D eigenvalue weighted by Crippen LogP contribution is 2.26. The number of benzene rings is 1. The van der Waals surface area contributed by atoms with Gasteiger partial charge in [0, 0.05) is 44.2 Å². The number of carbonyl (C=O) groups excluding carboxylic acids is 1. The maximum atomic E-state index is 13.7. The predicted octanol–water partition coefficient (Wildman–Crippen LogP) is 3.29. The fourth-order valence-electron chi connectivity index (χ4n) is 3.89. The summed E-state index contributed by atoms with van der Waals surface area (Å²) in [6.45, 7) is 1.90. The quantitative estimate of drug-likeness (QED) is 0.389. The number of nitrogens with one attached hydrogen (secondary N) is 2. The molecule has 5 nitrogen and oxygen atoms in total. The van der Waals surface area contributed by atoms with Crippen LogP contribution in [0, 0.1) is 11.7 Å². The van der Waals surface area contributed by atoms with E-state index in [1.54, 1.807) is 19.2 Å². The number of amides is 1. The van der Waals surface area contributed by atoms with Crippen molar-refractivity contribution in [3.63, 3.8) is 0 Å². The molecular formula is C20H30FIN4O. The number of aliphatic imine (C=N–C) groups is 1. The van der Waals surface area contributed by atoms with Crippen LogP contribution in [0.2, 0.25) is 0 Å². The summed E-state index contributed by atoms with van der Waals surface area (Å²) in [6, 6.07) is 6.91. The van der Waals surface area contributed by atoms with E-state index >= 15 is 0 Å². The SMILES string of the molecule is CN=C(NCc1ccccc1F)NC1CCN(C(=O)C2CCCCC2)C1.I. The van der Waals surface area contributed by atoms with Crippen LogP contribution in [0.25, 0.3) is 0 Å². The minimum absolute atomic E-state index is 0. The average molecular weight is 488 g/mol. The molecule has 1 aliphatic heterocycles. The normalized spacial score (nSPS) is 20.9. The van der Waals surface area contributed by atoms with E-state index in [2.05, 4.69) is 15.6 Å². The van der Waals surface area contributed by atoms with E-state index < -0.39 is 0 Å². The average Bonchev–Trinajstić information content (AvgIpc) is 3.15. The van der Waals surface area contributed by atoms with E-state index in [4.69, 9.17) is 0 Å². The predicted molar refractivity (Wildman–Crippen MR) is 117 cm³/mol. The van der Waals surface area contributed by atoms with Gasteiger partial charge >= 0.3 is 0 Å². The van der Waals surface area contributed by atoms with Gasteiger partial charge < -0.3 is 15.5 Å². The van der Waals surface area contributed by atoms with Crippen LogP contribution in [0.5, 0.6) is 0 Å². The molecule has 1 atom stereocenters. The number of carbonyl (C=O) groups is 1. The standard InChI is InChI=1S/C20H29FN4O.HI/c1-22-20(23-13-16-9-5-6-10-18(16)21)24-17-11-12-25(14-17)19(26)15-7-3-2-4-8-15;/h5-6,9-10,15,17H,2-4,7-8,11-14H2,1H3,(H2,22,23,24);1H. The van der Waals surface area contributed by atoms with Crippen molar-refractivity contribution >= 4 is 35.8 Å². The molecule has 1 saturated heterocycles. The summed E-state index contributed by atoms with van der Waals surface area (Å²) in [4.78, 5) is 18.9. The van der Waals surface area contributed by atoms with E-state index in [-0.39, 0.29) is 41.8 Å². The number of rotatable bonds is 4. The minimum atomic E-state index is -0.222. The van der Waals surface area contributed by atoms with E-state index in [1.807, 2.05) is 11.0 Å². The van der Waals surface area contributed by atoms with Gasteiger partial charge in [-0.2, -0.15) is 0 Å². The van der Waals surface area contributed by atoms with Gasteiger partial charge in [0.15, 0.2) is 5.96 Å². The number of nitrogens with zero attached hydrogens (tertiary/aromatic N) is 2. The van der Waals surface area contributed by atoms with Crippen LogP contribution in [0.15, 0.2) is 29.3 Å². The molecular weight excluding hydrogens is 458 g/mol. The molecule has 1 aromatic carbocycles. The first-order valence-corrected chi connectivity index (χ1v) is 9.66. The van der Waals surface area contributed by atoms with Crippen LogP contribution in [0.4, 0.5) is 4.39 Å². The van der Waals surface area contributed by atoms with Crippen molar-refractivity contribution in [1.29, 1.82) is 0 Å². The summed E-state index contributed by atoms with van der Waals surface area (Å²) in [7, 11) is 1.70. The van der Waals surface area contributed by atoms with Gasteiger partial charge in [-0.15, -0.1) is 24.0 Å². The molecule has 1 unspecified atom stereocenters. The van der Waals surface area contributed by atoms with Crippen LogP contribution in [-0.2, 0) is 11.3 Å². The third-order valence-electron chi connectivity index (χ3n) is 5.42. The number of guanidine groups is 1. The summed E-state index contributed by atoms with van der Waals surface area (Å²) in [5.41, 5.74) is 0.607. The van der Waals surface area contributed by atoms with Crippen molar-refractivity contribution in [1.82, 2.24) is 15.5 Å². The van der Waals surface area contributed by atoms with E-state index in [9.17, 15) is 9.18 Å². The maximum absolute atomic E-state index is 13.7. The number of likely N-dealkylation sites (tertiary alicyclic amines) is 1. The highest BCUT2D eigenvalue weighted by Gasteiger charge is 2.31.